The Hall–Kier alpha value is -1.29. The second kappa shape index (κ2) is 7.64. The van der Waals surface area contributed by atoms with Crippen LogP contribution in [0.2, 0.25) is 0 Å². The van der Waals surface area contributed by atoms with Crippen molar-refractivity contribution >= 4 is 15.9 Å². The van der Waals surface area contributed by atoms with Crippen LogP contribution in [0.15, 0.2) is 28.7 Å². The normalized spacial score (nSPS) is 10.9. The highest BCUT2D eigenvalue weighted by Crippen LogP contribution is 2.23. The molecule has 0 unspecified atom stereocenters. The summed E-state index contributed by atoms with van der Waals surface area (Å²) >= 11 is 3.61. The van der Waals surface area contributed by atoms with Gasteiger partial charge in [0.05, 0.1) is 15.9 Å². The number of benzene rings is 1. The molecule has 0 spiro atoms. The summed E-state index contributed by atoms with van der Waals surface area (Å²) in [6.45, 7) is 4.85. The van der Waals surface area contributed by atoms with Crippen molar-refractivity contribution in [1.82, 2.24) is 9.78 Å². The second-order valence-corrected chi connectivity index (χ2v) is 6.01. The molecular weight excluding hydrogens is 328 g/mol. The molecule has 0 fully saturated rings. The lowest BCUT2D eigenvalue weighted by atomic mass is 10.1. The summed E-state index contributed by atoms with van der Waals surface area (Å²) in [7, 11) is 1.95. The Morgan fingerprint density at radius 3 is 2.48 bits per heavy atom. The maximum absolute atomic E-state index is 5.88. The van der Waals surface area contributed by atoms with E-state index >= 15 is 0 Å². The molecule has 1 heterocycles. The Bertz CT molecular complexity index is 575. The van der Waals surface area contributed by atoms with E-state index in [0.29, 0.717) is 6.61 Å². The maximum Gasteiger partial charge on any atom is 0.131 e. The number of ether oxygens (including phenoxy) is 1. The molecule has 0 atom stereocenters. The van der Waals surface area contributed by atoms with E-state index in [1.165, 1.54) is 18.4 Å². The highest BCUT2D eigenvalue weighted by atomic mass is 79.9. The first kappa shape index (κ1) is 16.1. The van der Waals surface area contributed by atoms with E-state index in [-0.39, 0.29) is 0 Å². The van der Waals surface area contributed by atoms with E-state index < -0.39 is 0 Å². The van der Waals surface area contributed by atoms with Crippen molar-refractivity contribution in [3.05, 3.63) is 45.7 Å². The van der Waals surface area contributed by atoms with Crippen LogP contribution < -0.4 is 4.74 Å². The summed E-state index contributed by atoms with van der Waals surface area (Å²) in [5, 5.41) is 4.48. The van der Waals surface area contributed by atoms with Gasteiger partial charge in [0.25, 0.3) is 0 Å². The van der Waals surface area contributed by atoms with E-state index in [9.17, 15) is 0 Å². The predicted molar refractivity (Wildman–Crippen MR) is 89.7 cm³/mol. The molecule has 4 heteroatoms. The summed E-state index contributed by atoms with van der Waals surface area (Å²) in [4.78, 5) is 0. The van der Waals surface area contributed by atoms with Crippen LogP contribution in [0.25, 0.3) is 0 Å². The smallest absolute Gasteiger partial charge is 0.131 e. The van der Waals surface area contributed by atoms with E-state index in [1.807, 2.05) is 11.7 Å². The lowest BCUT2D eigenvalue weighted by molar-refractivity contribution is 0.294. The van der Waals surface area contributed by atoms with Gasteiger partial charge in [-0.25, -0.2) is 0 Å². The number of unbranched alkanes of at least 4 members (excludes halogenated alkanes) is 1. The molecule has 0 saturated carbocycles. The van der Waals surface area contributed by atoms with Crippen LogP contribution in [0.3, 0.4) is 0 Å². The molecule has 21 heavy (non-hydrogen) atoms. The van der Waals surface area contributed by atoms with E-state index in [1.54, 1.807) is 0 Å². The van der Waals surface area contributed by atoms with Gasteiger partial charge in [-0.3, -0.25) is 4.68 Å². The third kappa shape index (κ3) is 4.10. The van der Waals surface area contributed by atoms with E-state index in [4.69, 9.17) is 4.74 Å². The highest BCUT2D eigenvalue weighted by Gasteiger charge is 2.12. The Balaban J connectivity index is 1.98. The van der Waals surface area contributed by atoms with Crippen LogP contribution in [0.4, 0.5) is 0 Å². The largest absolute Gasteiger partial charge is 0.487 e. The van der Waals surface area contributed by atoms with Crippen molar-refractivity contribution < 1.29 is 4.74 Å². The SMILES string of the molecule is CCCCc1ccc(OCc2c(Br)c(CC)nn2C)cc1. The van der Waals surface area contributed by atoms with Gasteiger partial charge in [-0.2, -0.15) is 5.10 Å². The van der Waals surface area contributed by atoms with Gasteiger partial charge in [-0.1, -0.05) is 32.4 Å². The number of hydrogen-bond acceptors (Lipinski definition) is 2. The van der Waals surface area contributed by atoms with Gasteiger partial charge < -0.3 is 4.74 Å². The van der Waals surface area contributed by atoms with Gasteiger partial charge in [0.15, 0.2) is 0 Å². The van der Waals surface area contributed by atoms with E-state index in [2.05, 4.69) is 59.1 Å². The molecule has 1 aromatic carbocycles. The molecular formula is C17H23BrN2O. The topological polar surface area (TPSA) is 27.1 Å². The first-order valence-corrected chi connectivity index (χ1v) is 8.37. The van der Waals surface area contributed by atoms with Crippen LogP contribution in [0, 0.1) is 0 Å². The fourth-order valence-electron chi connectivity index (χ4n) is 2.26. The minimum atomic E-state index is 0.526. The molecule has 2 rings (SSSR count). The first-order chi connectivity index (χ1) is 10.2. The number of halogens is 1. The quantitative estimate of drug-likeness (QED) is 0.725. The van der Waals surface area contributed by atoms with Crippen LogP contribution in [-0.4, -0.2) is 9.78 Å². The fraction of sp³-hybridized carbons (Fsp3) is 0.471. The van der Waals surface area contributed by atoms with Crippen LogP contribution >= 0.6 is 15.9 Å². The zero-order valence-corrected chi connectivity index (χ0v) is 14.6. The zero-order valence-electron chi connectivity index (χ0n) is 13.0. The first-order valence-electron chi connectivity index (χ1n) is 7.57. The molecule has 114 valence electrons. The Morgan fingerprint density at radius 2 is 1.90 bits per heavy atom. The molecule has 0 radical (unpaired) electrons. The van der Waals surface area contributed by atoms with Gasteiger partial charge in [-0.05, 0) is 52.9 Å². The predicted octanol–water partition coefficient (Wildman–Crippen LogP) is 4.67. The summed E-state index contributed by atoms with van der Waals surface area (Å²) in [6, 6.07) is 8.41. The Kier molecular flexibility index (Phi) is 5.85. The van der Waals surface area contributed by atoms with Gasteiger partial charge in [0, 0.05) is 7.05 Å². The Morgan fingerprint density at radius 1 is 1.19 bits per heavy atom. The summed E-state index contributed by atoms with van der Waals surface area (Å²) in [5.74, 6) is 0.904. The average molecular weight is 351 g/mol. The molecule has 0 aliphatic heterocycles. The number of rotatable bonds is 7. The molecule has 0 amide bonds. The van der Waals surface area contributed by atoms with Crippen LogP contribution in [0.5, 0.6) is 5.75 Å². The van der Waals surface area contributed by atoms with Crippen LogP contribution in [0.1, 0.15) is 43.6 Å². The maximum atomic E-state index is 5.88. The lowest BCUT2D eigenvalue weighted by Crippen LogP contribution is -2.03. The highest BCUT2D eigenvalue weighted by molar-refractivity contribution is 9.10. The molecule has 0 N–H and O–H groups in total. The zero-order chi connectivity index (χ0) is 15.2. The standard InChI is InChI=1S/C17H23BrN2O/c1-4-6-7-13-8-10-14(11-9-13)21-12-16-17(18)15(5-2)19-20(16)3/h8-11H,4-7,12H2,1-3H3. The van der Waals surface area contributed by atoms with E-state index in [0.717, 1.165) is 34.5 Å². The minimum Gasteiger partial charge on any atom is -0.487 e. The lowest BCUT2D eigenvalue weighted by Gasteiger charge is -2.08. The van der Waals surface area contributed by atoms with Gasteiger partial charge in [0.1, 0.15) is 12.4 Å². The summed E-state index contributed by atoms with van der Waals surface area (Å²) in [6.07, 6.45) is 4.53. The van der Waals surface area contributed by atoms with Crippen molar-refractivity contribution in [2.45, 2.75) is 46.1 Å². The fourth-order valence-corrected chi connectivity index (χ4v) is 2.99. The van der Waals surface area contributed by atoms with Crippen molar-refractivity contribution in [3.8, 4) is 5.75 Å². The third-order valence-electron chi connectivity index (χ3n) is 3.62. The summed E-state index contributed by atoms with van der Waals surface area (Å²) < 4.78 is 8.83. The van der Waals surface area contributed by atoms with Crippen molar-refractivity contribution in [3.63, 3.8) is 0 Å². The molecule has 0 bridgehead atoms. The average Bonchev–Trinajstić information content (AvgIpc) is 2.78. The van der Waals surface area contributed by atoms with Gasteiger partial charge >= 0.3 is 0 Å². The van der Waals surface area contributed by atoms with Crippen molar-refractivity contribution in [1.29, 1.82) is 0 Å². The summed E-state index contributed by atoms with van der Waals surface area (Å²) in [5.41, 5.74) is 3.52. The van der Waals surface area contributed by atoms with Gasteiger partial charge in [-0.15, -0.1) is 0 Å². The minimum absolute atomic E-state index is 0.526. The van der Waals surface area contributed by atoms with Crippen LogP contribution in [-0.2, 0) is 26.5 Å². The molecule has 0 aliphatic carbocycles. The monoisotopic (exact) mass is 350 g/mol. The number of aromatic nitrogens is 2. The number of nitrogens with zero attached hydrogens (tertiary/aromatic N) is 2. The molecule has 3 nitrogen and oxygen atoms in total. The molecule has 2 aromatic rings. The van der Waals surface area contributed by atoms with Gasteiger partial charge in [0.2, 0.25) is 0 Å². The molecule has 0 aliphatic rings. The molecule has 1 aromatic heterocycles. The number of hydrogen-bond donors (Lipinski definition) is 0. The molecule has 0 saturated heterocycles. The Labute approximate surface area is 135 Å². The number of aryl methyl sites for hydroxylation is 3. The second-order valence-electron chi connectivity index (χ2n) is 5.22. The van der Waals surface area contributed by atoms with Crippen molar-refractivity contribution in [2.24, 2.45) is 7.05 Å². The van der Waals surface area contributed by atoms with Crippen molar-refractivity contribution in [2.75, 3.05) is 0 Å². The third-order valence-corrected chi connectivity index (χ3v) is 4.54.